The number of hydrogen-bond acceptors (Lipinski definition) is 4. The molecule has 0 N–H and O–H groups in total. The van der Waals surface area contributed by atoms with Crippen LogP contribution in [0.5, 0.6) is 0 Å². The first-order valence-corrected chi connectivity index (χ1v) is 6.18. The van der Waals surface area contributed by atoms with Crippen molar-refractivity contribution in [3.05, 3.63) is 0 Å². The Morgan fingerprint density at radius 2 is 1.43 bits per heavy atom. The molecule has 0 aliphatic rings. The van der Waals surface area contributed by atoms with Gasteiger partial charge < -0.3 is 13.9 Å². The Morgan fingerprint density at radius 3 is 1.71 bits per heavy atom. The van der Waals surface area contributed by atoms with E-state index in [-0.39, 0.29) is 39.4 Å². The second-order valence-electron chi connectivity index (χ2n) is 2.82. The molecule has 14 heavy (non-hydrogen) atoms. The molecule has 0 bridgehead atoms. The molecular formula is C8H18O4PZr-. The van der Waals surface area contributed by atoms with Crippen molar-refractivity contribution in [2.24, 2.45) is 0 Å². The molecular weight excluding hydrogens is 282 g/mol. The molecule has 0 aliphatic heterocycles. The molecule has 4 nitrogen and oxygen atoms in total. The van der Waals surface area contributed by atoms with Crippen molar-refractivity contribution in [1.82, 2.24) is 0 Å². The van der Waals surface area contributed by atoms with Crippen molar-refractivity contribution in [1.29, 1.82) is 0 Å². The molecule has 0 saturated heterocycles. The zero-order valence-electron chi connectivity index (χ0n) is 8.82. The fourth-order valence-electron chi connectivity index (χ4n) is 0.679. The third-order valence-corrected chi connectivity index (χ3v) is 2.49. The van der Waals surface area contributed by atoms with E-state index in [1.165, 1.54) is 0 Å². The molecule has 0 rings (SSSR count). The minimum absolute atomic E-state index is 0. The summed E-state index contributed by atoms with van der Waals surface area (Å²) in [5, 5.41) is 0. The average Bonchev–Trinajstić information content (AvgIpc) is 2.05. The molecule has 0 aromatic heterocycles. The molecule has 0 spiro atoms. The second-order valence-corrected chi connectivity index (χ2v) is 4.23. The van der Waals surface area contributed by atoms with Gasteiger partial charge in [-0.15, -0.1) is 0 Å². The zero-order valence-corrected chi connectivity index (χ0v) is 12.2. The number of phosphoric ester groups is 1. The van der Waals surface area contributed by atoms with Crippen LogP contribution in [-0.2, 0) is 39.8 Å². The number of rotatable bonds is 8. The maximum absolute atomic E-state index is 11.0. The first kappa shape index (κ1) is 17.4. The molecule has 0 fully saturated rings. The van der Waals surface area contributed by atoms with Gasteiger partial charge in [-0.3, -0.25) is 4.57 Å². The van der Waals surface area contributed by atoms with E-state index in [9.17, 15) is 9.46 Å². The number of phosphoric acid groups is 1. The second kappa shape index (κ2) is 10.5. The van der Waals surface area contributed by atoms with Crippen LogP contribution in [0.25, 0.3) is 0 Å². The summed E-state index contributed by atoms with van der Waals surface area (Å²) in [4.78, 5) is 11.0. The zero-order chi connectivity index (χ0) is 10.2. The van der Waals surface area contributed by atoms with Crippen molar-refractivity contribution in [3.8, 4) is 0 Å². The monoisotopic (exact) mass is 299 g/mol. The van der Waals surface area contributed by atoms with Gasteiger partial charge in [-0.1, -0.05) is 26.7 Å². The molecule has 0 unspecified atom stereocenters. The number of hydrogen-bond donors (Lipinski definition) is 0. The molecule has 0 aromatic carbocycles. The Labute approximate surface area is 105 Å². The van der Waals surface area contributed by atoms with Crippen LogP contribution in [0.15, 0.2) is 0 Å². The summed E-state index contributed by atoms with van der Waals surface area (Å²) >= 11 is 0. The topological polar surface area (TPSA) is 58.6 Å². The van der Waals surface area contributed by atoms with Gasteiger partial charge in [0.05, 0.1) is 13.2 Å². The van der Waals surface area contributed by atoms with Gasteiger partial charge in [-0.25, -0.2) is 0 Å². The van der Waals surface area contributed by atoms with Gasteiger partial charge in [0.1, 0.15) is 0 Å². The molecule has 0 aliphatic carbocycles. The number of unbranched alkanes of at least 4 members (excludes halogenated alkanes) is 2. The summed E-state index contributed by atoms with van der Waals surface area (Å²) in [7, 11) is -4.00. The molecule has 84 valence electrons. The molecule has 0 amide bonds. The molecule has 6 heteroatoms. The van der Waals surface area contributed by atoms with Crippen molar-refractivity contribution < 1.29 is 44.7 Å². The van der Waals surface area contributed by atoms with Crippen LogP contribution < -0.4 is 4.89 Å². The molecule has 0 radical (unpaired) electrons. The van der Waals surface area contributed by atoms with Crippen LogP contribution >= 0.6 is 7.82 Å². The predicted molar refractivity (Wildman–Crippen MR) is 49.3 cm³/mol. The van der Waals surface area contributed by atoms with E-state index in [0.717, 1.165) is 25.7 Å². The van der Waals surface area contributed by atoms with E-state index in [1.54, 1.807) is 0 Å². The summed E-state index contributed by atoms with van der Waals surface area (Å²) in [6.45, 7) is 4.39. The Bertz CT molecular complexity index is 151. The Kier molecular flexibility index (Phi) is 13.1. The van der Waals surface area contributed by atoms with Crippen LogP contribution in [0.1, 0.15) is 39.5 Å². The van der Waals surface area contributed by atoms with Gasteiger partial charge >= 0.3 is 0 Å². The third kappa shape index (κ3) is 11.1. The first-order chi connectivity index (χ1) is 6.12. The van der Waals surface area contributed by atoms with Crippen molar-refractivity contribution >= 4 is 7.82 Å². The van der Waals surface area contributed by atoms with Crippen LogP contribution in [0.2, 0.25) is 0 Å². The van der Waals surface area contributed by atoms with Crippen LogP contribution in [0, 0.1) is 0 Å². The summed E-state index contributed by atoms with van der Waals surface area (Å²) in [6, 6.07) is 0. The third-order valence-electron chi connectivity index (χ3n) is 1.49. The SMILES string of the molecule is CCCCOP(=O)([O-])OCCCC.[Zr]. The van der Waals surface area contributed by atoms with Gasteiger partial charge in [-0.05, 0) is 12.8 Å². The van der Waals surface area contributed by atoms with E-state index in [1.807, 2.05) is 13.8 Å². The molecule has 0 atom stereocenters. The maximum atomic E-state index is 11.0. The van der Waals surface area contributed by atoms with Crippen molar-refractivity contribution in [2.75, 3.05) is 13.2 Å². The van der Waals surface area contributed by atoms with Crippen LogP contribution in [-0.4, -0.2) is 13.2 Å². The van der Waals surface area contributed by atoms with E-state index < -0.39 is 7.82 Å². The summed E-state index contributed by atoms with van der Waals surface area (Å²) < 4.78 is 20.2. The molecule has 0 saturated carbocycles. The first-order valence-electron chi connectivity index (χ1n) is 4.72. The standard InChI is InChI=1S/C8H19O4P.Zr/c1-3-5-7-11-13(9,10)12-8-6-4-2;/h3-8H2,1-2H3,(H,9,10);/p-1. The summed E-state index contributed by atoms with van der Waals surface area (Å²) in [5.41, 5.74) is 0. The van der Waals surface area contributed by atoms with Crippen LogP contribution in [0.3, 0.4) is 0 Å². The Balaban J connectivity index is 0. The Morgan fingerprint density at radius 1 is 1.07 bits per heavy atom. The minimum atomic E-state index is -4.00. The van der Waals surface area contributed by atoms with Gasteiger partial charge in [0.25, 0.3) is 7.82 Å². The van der Waals surface area contributed by atoms with E-state index >= 15 is 0 Å². The minimum Gasteiger partial charge on any atom is -0.756 e. The fourth-order valence-corrected chi connectivity index (χ4v) is 1.46. The molecule has 0 heterocycles. The maximum Gasteiger partial charge on any atom is 0.267 e. The van der Waals surface area contributed by atoms with Gasteiger partial charge in [0, 0.05) is 26.2 Å². The largest absolute Gasteiger partial charge is 0.756 e. The fraction of sp³-hybridized carbons (Fsp3) is 1.00. The van der Waals surface area contributed by atoms with E-state index in [0.29, 0.717) is 0 Å². The van der Waals surface area contributed by atoms with E-state index in [2.05, 4.69) is 9.05 Å². The van der Waals surface area contributed by atoms with Gasteiger partial charge in [0.2, 0.25) is 0 Å². The predicted octanol–water partition coefficient (Wildman–Crippen LogP) is 2.09. The van der Waals surface area contributed by atoms with Crippen molar-refractivity contribution in [2.45, 2.75) is 39.5 Å². The quantitative estimate of drug-likeness (QED) is 0.509. The van der Waals surface area contributed by atoms with E-state index in [4.69, 9.17) is 0 Å². The van der Waals surface area contributed by atoms with Gasteiger partial charge in [-0.2, -0.15) is 0 Å². The smallest absolute Gasteiger partial charge is 0.267 e. The average molecular weight is 300 g/mol. The Hall–Kier alpha value is 0.993. The summed E-state index contributed by atoms with van der Waals surface area (Å²) in [6.07, 6.45) is 3.30. The summed E-state index contributed by atoms with van der Waals surface area (Å²) in [5.74, 6) is 0. The van der Waals surface area contributed by atoms with Gasteiger partial charge in [0.15, 0.2) is 0 Å². The van der Waals surface area contributed by atoms with Crippen molar-refractivity contribution in [3.63, 3.8) is 0 Å². The normalized spacial score (nSPS) is 11.1. The molecule has 0 aromatic rings. The van der Waals surface area contributed by atoms with Crippen LogP contribution in [0.4, 0.5) is 0 Å².